The minimum atomic E-state index is -0.939. The summed E-state index contributed by atoms with van der Waals surface area (Å²) < 4.78 is 21.6. The average Bonchev–Trinajstić information content (AvgIpc) is 2.80. The molecular weight excluding hydrogens is 432 g/mol. The van der Waals surface area contributed by atoms with Gasteiger partial charge in [0, 0.05) is 23.3 Å². The lowest BCUT2D eigenvalue weighted by Crippen LogP contribution is -2.45. The predicted octanol–water partition coefficient (Wildman–Crippen LogP) is 3.36. The Kier molecular flexibility index (Phi) is 7.83. The van der Waals surface area contributed by atoms with Crippen molar-refractivity contribution in [1.82, 2.24) is 5.32 Å². The van der Waals surface area contributed by atoms with Gasteiger partial charge >= 0.3 is 5.97 Å². The molecule has 0 aromatic heterocycles. The number of carbonyl (C=O) groups is 2. The van der Waals surface area contributed by atoms with Gasteiger partial charge in [0.05, 0.1) is 23.7 Å². The number of ether oxygens (including phenoxy) is 4. The summed E-state index contributed by atoms with van der Waals surface area (Å²) in [4.78, 5) is 36.4. The summed E-state index contributed by atoms with van der Waals surface area (Å²) in [5, 5.41) is 14.0. The van der Waals surface area contributed by atoms with Crippen molar-refractivity contribution in [1.29, 1.82) is 0 Å². The van der Waals surface area contributed by atoms with Crippen molar-refractivity contribution in [3.8, 4) is 11.5 Å². The number of benzene rings is 2. The second-order valence-electron chi connectivity index (χ2n) is 7.69. The Bertz CT molecular complexity index is 1040. The van der Waals surface area contributed by atoms with E-state index in [0.29, 0.717) is 34.8 Å². The number of carbonyl (C=O) groups excluding carboxylic acids is 2. The van der Waals surface area contributed by atoms with E-state index in [-0.39, 0.29) is 31.6 Å². The SMILES string of the molecule is CCOc1ccccc1C(=O)NC(C(=O)OCc1cc([N+](=O)[O-])cc2c1OCOC2)C(C)C. The molecule has 0 radical (unpaired) electrons. The highest BCUT2D eigenvalue weighted by molar-refractivity contribution is 5.99. The maximum absolute atomic E-state index is 12.9. The Balaban J connectivity index is 1.75. The summed E-state index contributed by atoms with van der Waals surface area (Å²) in [6.45, 7) is 5.65. The van der Waals surface area contributed by atoms with Gasteiger partial charge in [-0.15, -0.1) is 0 Å². The molecule has 0 saturated carbocycles. The van der Waals surface area contributed by atoms with Gasteiger partial charge in [-0.1, -0.05) is 26.0 Å². The van der Waals surface area contributed by atoms with Crippen molar-refractivity contribution in [3.05, 3.63) is 63.2 Å². The number of rotatable bonds is 9. The van der Waals surface area contributed by atoms with Crippen LogP contribution in [0.25, 0.3) is 0 Å². The highest BCUT2D eigenvalue weighted by Crippen LogP contribution is 2.33. The molecule has 1 atom stereocenters. The molecule has 1 aliphatic heterocycles. The second-order valence-corrected chi connectivity index (χ2v) is 7.69. The molecule has 1 unspecified atom stereocenters. The summed E-state index contributed by atoms with van der Waals surface area (Å²) in [6.07, 6.45) is 0. The Morgan fingerprint density at radius 2 is 2.00 bits per heavy atom. The van der Waals surface area contributed by atoms with Gasteiger partial charge in [-0.05, 0) is 25.0 Å². The van der Waals surface area contributed by atoms with Gasteiger partial charge in [0.25, 0.3) is 11.6 Å². The van der Waals surface area contributed by atoms with Crippen LogP contribution in [0.2, 0.25) is 0 Å². The van der Waals surface area contributed by atoms with E-state index in [9.17, 15) is 19.7 Å². The Labute approximate surface area is 190 Å². The fourth-order valence-electron chi connectivity index (χ4n) is 3.38. The first kappa shape index (κ1) is 24.0. The Morgan fingerprint density at radius 1 is 1.24 bits per heavy atom. The summed E-state index contributed by atoms with van der Waals surface area (Å²) in [6, 6.07) is 8.48. The molecule has 1 aliphatic rings. The van der Waals surface area contributed by atoms with E-state index in [1.54, 1.807) is 38.1 Å². The number of hydrogen-bond donors (Lipinski definition) is 1. The molecule has 3 rings (SSSR count). The van der Waals surface area contributed by atoms with Crippen LogP contribution in [-0.4, -0.2) is 36.2 Å². The van der Waals surface area contributed by atoms with Crippen LogP contribution in [0.3, 0.4) is 0 Å². The lowest BCUT2D eigenvalue weighted by Gasteiger charge is -2.23. The minimum Gasteiger partial charge on any atom is -0.493 e. The van der Waals surface area contributed by atoms with Gasteiger partial charge in [0.1, 0.15) is 24.1 Å². The quantitative estimate of drug-likeness (QED) is 0.344. The van der Waals surface area contributed by atoms with E-state index in [1.165, 1.54) is 12.1 Å². The van der Waals surface area contributed by atoms with E-state index in [0.717, 1.165) is 0 Å². The number of fused-ring (bicyclic) bond motifs is 1. The first-order valence-electron chi connectivity index (χ1n) is 10.5. The Hall–Kier alpha value is -3.66. The molecule has 1 N–H and O–H groups in total. The lowest BCUT2D eigenvalue weighted by molar-refractivity contribution is -0.385. The zero-order valence-corrected chi connectivity index (χ0v) is 18.7. The van der Waals surface area contributed by atoms with Crippen LogP contribution >= 0.6 is 0 Å². The monoisotopic (exact) mass is 458 g/mol. The summed E-state index contributed by atoms with van der Waals surface area (Å²) in [7, 11) is 0. The number of amides is 1. The highest BCUT2D eigenvalue weighted by atomic mass is 16.7. The van der Waals surface area contributed by atoms with Crippen LogP contribution in [0.15, 0.2) is 36.4 Å². The summed E-state index contributed by atoms with van der Waals surface area (Å²) in [5.74, 6) is -0.599. The van der Waals surface area contributed by atoms with Crippen LogP contribution < -0.4 is 14.8 Å². The van der Waals surface area contributed by atoms with E-state index < -0.39 is 22.8 Å². The molecule has 2 aromatic carbocycles. The predicted molar refractivity (Wildman–Crippen MR) is 117 cm³/mol. The standard InChI is InChI=1S/C23H26N2O8/c1-4-31-19-8-6-5-7-18(19)22(26)24-20(14(2)3)23(27)32-12-16-10-17(25(28)29)9-15-11-30-13-33-21(15)16/h5-10,14,20H,4,11-13H2,1-3H3,(H,24,26). The van der Waals surface area contributed by atoms with Gasteiger partial charge in [0.2, 0.25) is 0 Å². The third-order valence-electron chi connectivity index (χ3n) is 4.99. The number of nitrogens with zero attached hydrogens (tertiary/aromatic N) is 1. The topological polar surface area (TPSA) is 126 Å². The number of non-ortho nitro benzene ring substituents is 1. The van der Waals surface area contributed by atoms with Gasteiger partial charge in [0.15, 0.2) is 6.79 Å². The minimum absolute atomic E-state index is 0.00429. The Morgan fingerprint density at radius 3 is 2.70 bits per heavy atom. The molecule has 10 nitrogen and oxygen atoms in total. The number of para-hydroxylation sites is 1. The van der Waals surface area contributed by atoms with Crippen LogP contribution in [0.1, 0.15) is 42.3 Å². The number of nitro groups is 1. The molecule has 1 heterocycles. The van der Waals surface area contributed by atoms with E-state index in [2.05, 4.69) is 5.32 Å². The number of hydrogen-bond acceptors (Lipinski definition) is 8. The molecule has 176 valence electrons. The van der Waals surface area contributed by atoms with E-state index >= 15 is 0 Å². The smallest absolute Gasteiger partial charge is 0.329 e. The first-order valence-corrected chi connectivity index (χ1v) is 10.5. The maximum atomic E-state index is 12.9. The lowest BCUT2D eigenvalue weighted by atomic mass is 10.0. The van der Waals surface area contributed by atoms with Crippen LogP contribution in [0.4, 0.5) is 5.69 Å². The normalized spacial score (nSPS) is 13.5. The van der Waals surface area contributed by atoms with E-state index in [4.69, 9.17) is 18.9 Å². The van der Waals surface area contributed by atoms with Gasteiger partial charge in [-0.25, -0.2) is 4.79 Å². The second kappa shape index (κ2) is 10.8. The molecular formula is C23H26N2O8. The first-order chi connectivity index (χ1) is 15.8. The fourth-order valence-corrected chi connectivity index (χ4v) is 3.38. The largest absolute Gasteiger partial charge is 0.493 e. The van der Waals surface area contributed by atoms with E-state index in [1.807, 2.05) is 6.92 Å². The van der Waals surface area contributed by atoms with Gasteiger partial charge in [-0.2, -0.15) is 0 Å². The molecule has 0 bridgehead atoms. The summed E-state index contributed by atoms with van der Waals surface area (Å²) >= 11 is 0. The zero-order valence-electron chi connectivity index (χ0n) is 18.7. The molecule has 0 spiro atoms. The zero-order chi connectivity index (χ0) is 24.0. The van der Waals surface area contributed by atoms with Gasteiger partial charge < -0.3 is 24.3 Å². The van der Waals surface area contributed by atoms with Crippen LogP contribution in [-0.2, 0) is 27.5 Å². The van der Waals surface area contributed by atoms with Crippen LogP contribution in [0.5, 0.6) is 11.5 Å². The molecule has 10 heteroatoms. The average molecular weight is 458 g/mol. The van der Waals surface area contributed by atoms with Crippen molar-refractivity contribution in [2.75, 3.05) is 13.4 Å². The number of nitrogens with one attached hydrogen (secondary N) is 1. The molecule has 0 aliphatic carbocycles. The maximum Gasteiger partial charge on any atom is 0.329 e. The third-order valence-corrected chi connectivity index (χ3v) is 4.99. The molecule has 1 amide bonds. The van der Waals surface area contributed by atoms with Crippen molar-refractivity contribution < 1.29 is 33.5 Å². The molecule has 33 heavy (non-hydrogen) atoms. The van der Waals surface area contributed by atoms with Crippen molar-refractivity contribution in [2.45, 2.75) is 40.0 Å². The van der Waals surface area contributed by atoms with Crippen LogP contribution in [0, 0.1) is 16.0 Å². The third kappa shape index (κ3) is 5.78. The molecule has 0 fully saturated rings. The van der Waals surface area contributed by atoms with Crippen molar-refractivity contribution in [2.24, 2.45) is 5.92 Å². The van der Waals surface area contributed by atoms with Crippen molar-refractivity contribution in [3.63, 3.8) is 0 Å². The summed E-state index contributed by atoms with van der Waals surface area (Å²) in [5.41, 5.74) is 1.00. The van der Waals surface area contributed by atoms with Gasteiger partial charge in [-0.3, -0.25) is 14.9 Å². The molecule has 2 aromatic rings. The van der Waals surface area contributed by atoms with Crippen molar-refractivity contribution >= 4 is 17.6 Å². The fraction of sp³-hybridized carbons (Fsp3) is 0.391. The molecule has 0 saturated heterocycles. The highest BCUT2D eigenvalue weighted by Gasteiger charge is 2.28. The number of nitro benzene ring substituents is 1. The number of esters is 1.